The van der Waals surface area contributed by atoms with Crippen LogP contribution in [0, 0.1) is 0 Å². The molecule has 9 nitrogen and oxygen atoms in total. The zero-order valence-corrected chi connectivity index (χ0v) is 12.5. The van der Waals surface area contributed by atoms with Gasteiger partial charge >= 0.3 is 5.97 Å². The van der Waals surface area contributed by atoms with E-state index in [1.807, 2.05) is 0 Å². The number of rotatable bonds is 6. The number of aliphatic carboxylic acids is 1. The molecule has 120 valence electrons. The third kappa shape index (κ3) is 4.97. The summed E-state index contributed by atoms with van der Waals surface area (Å²) in [6.07, 6.45) is 1.37. The summed E-state index contributed by atoms with van der Waals surface area (Å²) in [5.74, 6) is -1.18. The molecule has 0 atom stereocenters. The summed E-state index contributed by atoms with van der Waals surface area (Å²) in [6.45, 7) is -0.430. The van der Waals surface area contributed by atoms with Gasteiger partial charge in [0.05, 0.1) is 6.20 Å². The van der Waals surface area contributed by atoms with Gasteiger partial charge < -0.3 is 26.6 Å². The van der Waals surface area contributed by atoms with Gasteiger partial charge in [0.1, 0.15) is 10.6 Å². The number of carbonyl (C=O) groups is 2. The lowest BCUT2D eigenvalue weighted by Gasteiger charge is -2.06. The first-order valence-electron chi connectivity index (χ1n) is 6.25. The van der Waals surface area contributed by atoms with Gasteiger partial charge in [-0.1, -0.05) is 11.3 Å². The summed E-state index contributed by atoms with van der Waals surface area (Å²) in [7, 11) is 0. The van der Waals surface area contributed by atoms with Gasteiger partial charge in [-0.05, 0) is 24.3 Å². The Bertz CT molecular complexity index is 737. The minimum absolute atomic E-state index is 0.136. The summed E-state index contributed by atoms with van der Waals surface area (Å²) < 4.78 is 4.99. The molecule has 23 heavy (non-hydrogen) atoms. The first-order chi connectivity index (χ1) is 10.9. The Morgan fingerprint density at radius 3 is 2.61 bits per heavy atom. The molecule has 10 heteroatoms. The molecule has 0 fully saturated rings. The molecule has 1 amide bonds. The highest BCUT2D eigenvalue weighted by Gasteiger charge is 2.11. The van der Waals surface area contributed by atoms with Gasteiger partial charge in [0, 0.05) is 5.69 Å². The lowest BCUT2D eigenvalue weighted by Crippen LogP contribution is -2.21. The summed E-state index contributed by atoms with van der Waals surface area (Å²) in [4.78, 5) is 30.5. The van der Waals surface area contributed by atoms with Crippen molar-refractivity contribution < 1.29 is 19.4 Å². The normalized spacial score (nSPS) is 9.91. The lowest BCUT2D eigenvalue weighted by molar-refractivity contribution is -0.139. The van der Waals surface area contributed by atoms with Crippen LogP contribution in [0.25, 0.3) is 0 Å². The topological polar surface area (TPSA) is 153 Å². The second-order valence-corrected chi connectivity index (χ2v) is 5.21. The maximum absolute atomic E-state index is 12.1. The van der Waals surface area contributed by atoms with E-state index in [1.165, 1.54) is 6.20 Å². The van der Waals surface area contributed by atoms with Crippen molar-refractivity contribution in [1.29, 1.82) is 0 Å². The summed E-state index contributed by atoms with van der Waals surface area (Å²) in [5, 5.41) is 11.5. The van der Waals surface area contributed by atoms with Crippen LogP contribution in [-0.2, 0) is 4.79 Å². The third-order valence-corrected chi connectivity index (χ3v) is 3.31. The largest absolute Gasteiger partial charge is 0.482 e. The zero-order valence-electron chi connectivity index (χ0n) is 11.7. The fourth-order valence-electron chi connectivity index (χ4n) is 1.50. The van der Waals surface area contributed by atoms with Crippen molar-refractivity contribution in [2.45, 2.75) is 0 Å². The molecule has 0 radical (unpaired) electrons. The van der Waals surface area contributed by atoms with Gasteiger partial charge in [-0.3, -0.25) is 4.79 Å². The number of nitrogens with one attached hydrogen (secondary N) is 1. The number of aliphatic imine (C=N–C) groups is 1. The van der Waals surface area contributed by atoms with Crippen LogP contribution in [0.4, 0.5) is 10.8 Å². The minimum atomic E-state index is -1.07. The molecule has 2 rings (SSSR count). The van der Waals surface area contributed by atoms with E-state index < -0.39 is 12.6 Å². The molecule has 6 N–H and O–H groups in total. The first-order valence-corrected chi connectivity index (χ1v) is 7.07. The number of carboxylic acid groups (broad SMARTS) is 1. The highest BCUT2D eigenvalue weighted by atomic mass is 32.1. The van der Waals surface area contributed by atoms with Crippen molar-refractivity contribution in [2.75, 3.05) is 11.9 Å². The van der Waals surface area contributed by atoms with E-state index in [0.29, 0.717) is 16.3 Å². The van der Waals surface area contributed by atoms with Crippen LogP contribution in [0.3, 0.4) is 0 Å². The van der Waals surface area contributed by atoms with Gasteiger partial charge in [0.2, 0.25) is 5.13 Å². The quantitative estimate of drug-likeness (QED) is 0.449. The number of benzene rings is 1. The number of aromatic nitrogens is 1. The smallest absolute Gasteiger partial charge is 0.341 e. The predicted octanol–water partition coefficient (Wildman–Crippen LogP) is 0.764. The number of ether oxygens (including phenoxy) is 1. The average molecular weight is 335 g/mol. The Labute approximate surface area is 134 Å². The van der Waals surface area contributed by atoms with E-state index in [9.17, 15) is 9.59 Å². The summed E-state index contributed by atoms with van der Waals surface area (Å²) >= 11 is 1.04. The number of carbonyl (C=O) groups excluding carboxylic acids is 1. The number of nitrogens with two attached hydrogens (primary N) is 2. The van der Waals surface area contributed by atoms with Gasteiger partial charge in [-0.25, -0.2) is 9.78 Å². The number of amides is 1. The third-order valence-electron chi connectivity index (χ3n) is 2.42. The molecule has 1 aromatic heterocycles. The Morgan fingerprint density at radius 1 is 1.30 bits per heavy atom. The molecule has 0 saturated heterocycles. The van der Waals surface area contributed by atoms with Crippen LogP contribution in [0.5, 0.6) is 5.75 Å². The minimum Gasteiger partial charge on any atom is -0.482 e. The van der Waals surface area contributed by atoms with Crippen molar-refractivity contribution >= 4 is 40.0 Å². The number of anilines is 1. The number of hydrogen-bond acceptors (Lipinski definition) is 6. The molecular weight excluding hydrogens is 322 g/mol. The fraction of sp³-hybridized carbons (Fsp3) is 0.0769. The number of thiazole rings is 1. The van der Waals surface area contributed by atoms with Gasteiger partial charge in [-0.2, -0.15) is 4.99 Å². The van der Waals surface area contributed by atoms with Crippen LogP contribution in [0.1, 0.15) is 9.67 Å². The van der Waals surface area contributed by atoms with E-state index in [2.05, 4.69) is 15.3 Å². The molecular formula is C13H13N5O4S. The second-order valence-electron chi connectivity index (χ2n) is 4.20. The van der Waals surface area contributed by atoms with Crippen molar-refractivity contribution in [3.8, 4) is 5.75 Å². The van der Waals surface area contributed by atoms with Gasteiger partial charge in [0.15, 0.2) is 12.6 Å². The average Bonchev–Trinajstić information content (AvgIpc) is 2.94. The Balaban J connectivity index is 1.98. The van der Waals surface area contributed by atoms with Crippen molar-refractivity contribution in [2.24, 2.45) is 16.5 Å². The number of guanidine groups is 1. The van der Waals surface area contributed by atoms with Crippen LogP contribution in [0.2, 0.25) is 0 Å². The van der Waals surface area contributed by atoms with Crippen LogP contribution >= 0.6 is 11.3 Å². The molecule has 0 saturated carbocycles. The Kier molecular flexibility index (Phi) is 5.10. The number of hydrogen-bond donors (Lipinski definition) is 4. The summed E-state index contributed by atoms with van der Waals surface area (Å²) in [5.41, 5.74) is 11.0. The Morgan fingerprint density at radius 2 is 2.00 bits per heavy atom. The molecule has 0 spiro atoms. The molecule has 0 aliphatic carbocycles. The van der Waals surface area contributed by atoms with Crippen LogP contribution < -0.4 is 21.5 Å². The van der Waals surface area contributed by atoms with Crippen molar-refractivity contribution in [3.63, 3.8) is 0 Å². The lowest BCUT2D eigenvalue weighted by atomic mass is 10.3. The molecule has 0 bridgehead atoms. The second kappa shape index (κ2) is 7.22. The molecule has 0 unspecified atom stereocenters. The highest BCUT2D eigenvalue weighted by Crippen LogP contribution is 2.22. The van der Waals surface area contributed by atoms with Crippen molar-refractivity contribution in [1.82, 2.24) is 4.98 Å². The highest BCUT2D eigenvalue weighted by molar-refractivity contribution is 7.17. The molecule has 1 heterocycles. The predicted molar refractivity (Wildman–Crippen MR) is 85.1 cm³/mol. The van der Waals surface area contributed by atoms with Crippen LogP contribution in [0.15, 0.2) is 35.5 Å². The molecule has 0 aliphatic heterocycles. The van der Waals surface area contributed by atoms with E-state index in [0.717, 1.165) is 11.3 Å². The summed E-state index contributed by atoms with van der Waals surface area (Å²) in [6, 6.07) is 6.28. The van der Waals surface area contributed by atoms with E-state index in [1.54, 1.807) is 24.3 Å². The number of nitrogens with zero attached hydrogens (tertiary/aromatic N) is 2. The Hall–Kier alpha value is -3.14. The molecule has 2 aromatic rings. The van der Waals surface area contributed by atoms with Crippen LogP contribution in [-0.4, -0.2) is 34.5 Å². The fourth-order valence-corrected chi connectivity index (χ4v) is 2.21. The molecule has 0 aliphatic rings. The number of carboxylic acids is 1. The first kappa shape index (κ1) is 16.2. The van der Waals surface area contributed by atoms with Gasteiger partial charge in [0.25, 0.3) is 5.91 Å². The van der Waals surface area contributed by atoms with E-state index in [4.69, 9.17) is 21.3 Å². The van der Waals surface area contributed by atoms with E-state index >= 15 is 0 Å². The standard InChI is InChI=1S/C13H13N5O4S/c14-12(15)18-13-16-5-9(23-13)11(21)17-7-1-3-8(4-2-7)22-6-10(19)20/h1-5H,6H2,(H,17,21)(H,19,20)(H4,14,15,16,18). The SMILES string of the molecule is NC(N)=Nc1ncc(C(=O)Nc2ccc(OCC(=O)O)cc2)s1. The monoisotopic (exact) mass is 335 g/mol. The maximum Gasteiger partial charge on any atom is 0.341 e. The van der Waals surface area contributed by atoms with E-state index in [-0.39, 0.29) is 17.0 Å². The molecule has 1 aromatic carbocycles. The maximum atomic E-state index is 12.1. The van der Waals surface area contributed by atoms with Crippen molar-refractivity contribution in [3.05, 3.63) is 35.3 Å². The van der Waals surface area contributed by atoms with Gasteiger partial charge in [-0.15, -0.1) is 0 Å². The zero-order chi connectivity index (χ0) is 16.8.